The predicted octanol–water partition coefficient (Wildman–Crippen LogP) is 3.14. The number of methoxy groups -OCH3 is 1. The van der Waals surface area contributed by atoms with Gasteiger partial charge in [0.2, 0.25) is 0 Å². The maximum Gasteiger partial charge on any atom is 0.161 e. The van der Waals surface area contributed by atoms with Gasteiger partial charge in [0.05, 0.1) is 25.0 Å². The van der Waals surface area contributed by atoms with E-state index in [1.165, 1.54) is 31.4 Å². The predicted molar refractivity (Wildman–Crippen MR) is 77.4 cm³/mol. The summed E-state index contributed by atoms with van der Waals surface area (Å²) in [5.41, 5.74) is 1.23. The fourth-order valence-corrected chi connectivity index (χ4v) is 2.88. The van der Waals surface area contributed by atoms with E-state index in [4.69, 9.17) is 4.74 Å². The first-order valence-corrected chi connectivity index (χ1v) is 7.63. The van der Waals surface area contributed by atoms with Crippen molar-refractivity contribution < 1.29 is 4.74 Å². The van der Waals surface area contributed by atoms with Crippen molar-refractivity contribution in [2.45, 2.75) is 58.5 Å². The van der Waals surface area contributed by atoms with Gasteiger partial charge in [-0.15, -0.1) is 0 Å². The van der Waals surface area contributed by atoms with Crippen LogP contribution in [0.15, 0.2) is 6.20 Å². The third-order valence-electron chi connectivity index (χ3n) is 4.07. The van der Waals surface area contributed by atoms with Crippen molar-refractivity contribution >= 4 is 0 Å². The molecule has 1 unspecified atom stereocenters. The first-order chi connectivity index (χ1) is 9.30. The molecule has 0 aliphatic heterocycles. The van der Waals surface area contributed by atoms with Crippen LogP contribution in [0.4, 0.5) is 0 Å². The van der Waals surface area contributed by atoms with Crippen LogP contribution in [0.1, 0.15) is 57.7 Å². The lowest BCUT2D eigenvalue weighted by Gasteiger charge is -2.30. The van der Waals surface area contributed by atoms with Gasteiger partial charge in [-0.3, -0.25) is 4.68 Å². The fourth-order valence-electron chi connectivity index (χ4n) is 2.88. The molecule has 1 atom stereocenters. The summed E-state index contributed by atoms with van der Waals surface area (Å²) in [5, 5.41) is 8.10. The molecule has 1 aromatic heterocycles. The average molecular weight is 265 g/mol. The number of aryl methyl sites for hydroxylation is 1. The molecule has 0 amide bonds. The highest BCUT2D eigenvalue weighted by atomic mass is 16.5. The fraction of sp³-hybridized carbons (Fsp3) is 0.800. The molecule has 1 saturated carbocycles. The number of rotatable bonds is 8. The molecule has 1 aromatic rings. The topological polar surface area (TPSA) is 39.1 Å². The van der Waals surface area contributed by atoms with E-state index < -0.39 is 0 Å². The number of hydrogen-bond donors (Lipinski definition) is 1. The maximum atomic E-state index is 5.51. The molecule has 0 saturated heterocycles. The van der Waals surface area contributed by atoms with Crippen LogP contribution in [-0.4, -0.2) is 23.4 Å². The number of nitrogens with zero attached hydrogens (tertiary/aromatic N) is 2. The molecule has 2 rings (SSSR count). The number of nitrogens with one attached hydrogen (secondary N) is 1. The highest BCUT2D eigenvalue weighted by Crippen LogP contribution is 2.37. The highest BCUT2D eigenvalue weighted by molar-refractivity contribution is 5.28. The summed E-state index contributed by atoms with van der Waals surface area (Å²) in [6.07, 6.45) is 8.32. The maximum absolute atomic E-state index is 5.51. The molecular weight excluding hydrogens is 238 g/mol. The minimum atomic E-state index is 0.374. The van der Waals surface area contributed by atoms with Gasteiger partial charge in [0.15, 0.2) is 5.75 Å². The van der Waals surface area contributed by atoms with Crippen molar-refractivity contribution in [1.29, 1.82) is 0 Å². The molecule has 1 heterocycles. The molecule has 0 spiro atoms. The third-order valence-corrected chi connectivity index (χ3v) is 4.07. The van der Waals surface area contributed by atoms with E-state index in [0.717, 1.165) is 31.2 Å². The molecule has 4 nitrogen and oxygen atoms in total. The van der Waals surface area contributed by atoms with E-state index in [-0.39, 0.29) is 0 Å². The average Bonchev–Trinajstić information content (AvgIpc) is 2.75. The Hall–Kier alpha value is -1.03. The largest absolute Gasteiger partial charge is 0.493 e. The molecule has 0 radical (unpaired) electrons. The van der Waals surface area contributed by atoms with Gasteiger partial charge >= 0.3 is 0 Å². The second-order valence-corrected chi connectivity index (χ2v) is 5.46. The molecule has 108 valence electrons. The zero-order valence-electron chi connectivity index (χ0n) is 12.5. The number of hydrogen-bond acceptors (Lipinski definition) is 3. The van der Waals surface area contributed by atoms with E-state index in [1.807, 2.05) is 6.20 Å². The SMILES string of the molecule is CCCn1ncc(OC)c1C(CC1CCC1)NCC. The quantitative estimate of drug-likeness (QED) is 0.785. The normalized spacial score (nSPS) is 17.2. The highest BCUT2D eigenvalue weighted by Gasteiger charge is 2.27. The molecule has 0 bridgehead atoms. The van der Waals surface area contributed by atoms with E-state index in [2.05, 4.69) is 28.9 Å². The Bertz CT molecular complexity index is 385. The molecular formula is C15H27N3O. The summed E-state index contributed by atoms with van der Waals surface area (Å²) in [6.45, 7) is 6.30. The Kier molecular flexibility index (Phi) is 5.25. The summed E-state index contributed by atoms with van der Waals surface area (Å²) in [7, 11) is 1.74. The van der Waals surface area contributed by atoms with Crippen LogP contribution in [0.5, 0.6) is 5.75 Å². The van der Waals surface area contributed by atoms with Crippen LogP contribution in [0, 0.1) is 5.92 Å². The summed E-state index contributed by atoms with van der Waals surface area (Å²) >= 11 is 0. The zero-order valence-corrected chi connectivity index (χ0v) is 12.5. The second-order valence-electron chi connectivity index (χ2n) is 5.46. The van der Waals surface area contributed by atoms with E-state index in [9.17, 15) is 0 Å². The van der Waals surface area contributed by atoms with Crippen LogP contribution in [0.2, 0.25) is 0 Å². The van der Waals surface area contributed by atoms with Crippen LogP contribution in [0.3, 0.4) is 0 Å². The van der Waals surface area contributed by atoms with Gasteiger partial charge in [0, 0.05) is 6.54 Å². The summed E-state index contributed by atoms with van der Waals surface area (Å²) in [5.74, 6) is 1.80. The van der Waals surface area contributed by atoms with Gasteiger partial charge in [0.1, 0.15) is 0 Å². The minimum Gasteiger partial charge on any atom is -0.493 e. The standard InChI is InChI=1S/C15H27N3O/c1-4-9-18-15(14(19-3)11-17-18)13(16-5-2)10-12-7-6-8-12/h11-13,16H,4-10H2,1-3H3. The second kappa shape index (κ2) is 6.94. The molecule has 4 heteroatoms. The summed E-state index contributed by atoms with van der Waals surface area (Å²) < 4.78 is 7.63. The molecule has 1 fully saturated rings. The third kappa shape index (κ3) is 3.30. The lowest BCUT2D eigenvalue weighted by molar-refractivity contribution is 0.253. The first kappa shape index (κ1) is 14.4. The van der Waals surface area contributed by atoms with E-state index in [1.54, 1.807) is 7.11 Å². The Morgan fingerprint density at radius 3 is 2.79 bits per heavy atom. The van der Waals surface area contributed by atoms with Gasteiger partial charge in [-0.05, 0) is 25.3 Å². The first-order valence-electron chi connectivity index (χ1n) is 7.63. The van der Waals surface area contributed by atoms with Crippen molar-refractivity contribution in [1.82, 2.24) is 15.1 Å². The Morgan fingerprint density at radius 2 is 2.26 bits per heavy atom. The van der Waals surface area contributed by atoms with Gasteiger partial charge in [0.25, 0.3) is 0 Å². The van der Waals surface area contributed by atoms with E-state index >= 15 is 0 Å². The molecule has 1 aliphatic rings. The van der Waals surface area contributed by atoms with Gasteiger partial charge in [-0.2, -0.15) is 5.10 Å². The van der Waals surface area contributed by atoms with Crippen molar-refractivity contribution in [3.63, 3.8) is 0 Å². The number of ether oxygens (including phenoxy) is 1. The molecule has 1 aliphatic carbocycles. The Balaban J connectivity index is 2.19. The smallest absolute Gasteiger partial charge is 0.161 e. The summed E-state index contributed by atoms with van der Waals surface area (Å²) in [6, 6.07) is 0.374. The Morgan fingerprint density at radius 1 is 1.47 bits per heavy atom. The molecule has 0 aromatic carbocycles. The van der Waals surface area contributed by atoms with E-state index in [0.29, 0.717) is 6.04 Å². The Labute approximate surface area is 116 Å². The van der Waals surface area contributed by atoms with Crippen LogP contribution in [0.25, 0.3) is 0 Å². The van der Waals surface area contributed by atoms with Gasteiger partial charge in [-0.25, -0.2) is 0 Å². The van der Waals surface area contributed by atoms with Gasteiger partial charge < -0.3 is 10.1 Å². The van der Waals surface area contributed by atoms with Crippen LogP contribution < -0.4 is 10.1 Å². The van der Waals surface area contributed by atoms with Crippen LogP contribution >= 0.6 is 0 Å². The summed E-state index contributed by atoms with van der Waals surface area (Å²) in [4.78, 5) is 0. The molecule has 1 N–H and O–H groups in total. The van der Waals surface area contributed by atoms with Crippen molar-refractivity contribution in [2.24, 2.45) is 5.92 Å². The minimum absolute atomic E-state index is 0.374. The lowest BCUT2D eigenvalue weighted by atomic mass is 9.80. The van der Waals surface area contributed by atoms with Gasteiger partial charge in [-0.1, -0.05) is 33.1 Å². The number of aromatic nitrogens is 2. The monoisotopic (exact) mass is 265 g/mol. The van der Waals surface area contributed by atoms with Crippen molar-refractivity contribution in [3.05, 3.63) is 11.9 Å². The van der Waals surface area contributed by atoms with Crippen molar-refractivity contribution in [2.75, 3.05) is 13.7 Å². The van der Waals surface area contributed by atoms with Crippen molar-refractivity contribution in [3.8, 4) is 5.75 Å². The lowest BCUT2D eigenvalue weighted by Crippen LogP contribution is -2.28. The molecule has 19 heavy (non-hydrogen) atoms. The zero-order chi connectivity index (χ0) is 13.7. The van der Waals surface area contributed by atoms with Crippen LogP contribution in [-0.2, 0) is 6.54 Å².